The van der Waals surface area contributed by atoms with Gasteiger partial charge in [0.1, 0.15) is 5.82 Å². The average molecular weight is 309 g/mol. The molecule has 0 saturated heterocycles. The minimum absolute atomic E-state index is 0.111. The molecular weight excluding hydrogens is 293 g/mol. The van der Waals surface area contributed by atoms with Crippen LogP contribution in [-0.4, -0.2) is 15.7 Å². The lowest BCUT2D eigenvalue weighted by Gasteiger charge is -2.06. The first-order valence-electron chi connectivity index (χ1n) is 7.22. The van der Waals surface area contributed by atoms with E-state index in [1.165, 1.54) is 19.1 Å². The summed E-state index contributed by atoms with van der Waals surface area (Å²) < 4.78 is 14.9. The Morgan fingerprint density at radius 2 is 2.00 bits per heavy atom. The molecule has 0 spiro atoms. The Kier molecular flexibility index (Phi) is 3.93. The van der Waals surface area contributed by atoms with E-state index in [1.54, 1.807) is 16.9 Å². The number of carbonyl (C=O) groups is 1. The van der Waals surface area contributed by atoms with Gasteiger partial charge >= 0.3 is 0 Å². The van der Waals surface area contributed by atoms with Crippen LogP contribution in [0.5, 0.6) is 0 Å². The van der Waals surface area contributed by atoms with Gasteiger partial charge in [0.25, 0.3) is 0 Å². The second-order valence-corrected chi connectivity index (χ2v) is 5.37. The van der Waals surface area contributed by atoms with Gasteiger partial charge in [-0.25, -0.2) is 9.07 Å². The first-order chi connectivity index (χ1) is 11.0. The van der Waals surface area contributed by atoms with Crippen LogP contribution in [0.25, 0.3) is 16.8 Å². The number of amides is 1. The largest absolute Gasteiger partial charge is 0.326 e. The fraction of sp³-hybridized carbons (Fsp3) is 0.111. The predicted molar refractivity (Wildman–Crippen MR) is 88.0 cm³/mol. The number of hydrogen-bond acceptors (Lipinski definition) is 2. The highest BCUT2D eigenvalue weighted by atomic mass is 19.1. The van der Waals surface area contributed by atoms with Crippen LogP contribution in [0.1, 0.15) is 12.5 Å². The fourth-order valence-corrected chi connectivity index (χ4v) is 2.46. The number of hydrogen-bond donors (Lipinski definition) is 1. The summed E-state index contributed by atoms with van der Waals surface area (Å²) in [5.74, 6) is -0.374. The number of benzene rings is 2. The molecule has 0 aliphatic heterocycles. The van der Waals surface area contributed by atoms with Crippen LogP contribution in [0.4, 0.5) is 10.1 Å². The fourth-order valence-electron chi connectivity index (χ4n) is 2.46. The number of aromatic nitrogens is 2. The number of halogens is 1. The molecule has 1 aromatic heterocycles. The van der Waals surface area contributed by atoms with Crippen molar-refractivity contribution in [3.63, 3.8) is 0 Å². The zero-order valence-electron chi connectivity index (χ0n) is 12.9. The maximum atomic E-state index is 13.2. The van der Waals surface area contributed by atoms with Crippen molar-refractivity contribution in [2.45, 2.75) is 13.8 Å². The van der Waals surface area contributed by atoms with Crippen molar-refractivity contribution in [2.24, 2.45) is 0 Å². The van der Waals surface area contributed by atoms with Crippen molar-refractivity contribution in [1.29, 1.82) is 0 Å². The average Bonchev–Trinajstić information content (AvgIpc) is 2.96. The maximum absolute atomic E-state index is 13.2. The third kappa shape index (κ3) is 3.29. The number of carbonyl (C=O) groups excluding carboxylic acids is 1. The highest BCUT2D eigenvalue weighted by Crippen LogP contribution is 2.24. The zero-order chi connectivity index (χ0) is 16.4. The van der Waals surface area contributed by atoms with Crippen LogP contribution in [0.2, 0.25) is 0 Å². The van der Waals surface area contributed by atoms with E-state index < -0.39 is 0 Å². The third-order valence-corrected chi connectivity index (χ3v) is 3.50. The number of nitrogens with zero attached hydrogens (tertiary/aromatic N) is 2. The summed E-state index contributed by atoms with van der Waals surface area (Å²) in [6.07, 6.45) is 3.63. The van der Waals surface area contributed by atoms with Crippen molar-refractivity contribution in [3.8, 4) is 16.8 Å². The molecule has 0 aliphatic rings. The molecule has 3 aromatic rings. The molecule has 0 aliphatic carbocycles. The molecule has 2 aromatic carbocycles. The number of nitrogens with one attached hydrogen (secondary N) is 1. The molecule has 5 heteroatoms. The maximum Gasteiger partial charge on any atom is 0.221 e. The molecule has 0 saturated carbocycles. The van der Waals surface area contributed by atoms with Crippen LogP contribution in [0.15, 0.2) is 54.9 Å². The highest BCUT2D eigenvalue weighted by molar-refractivity contribution is 5.89. The first kappa shape index (κ1) is 15.0. The first-order valence-corrected chi connectivity index (χ1v) is 7.22. The lowest BCUT2D eigenvalue weighted by Crippen LogP contribution is -2.05. The van der Waals surface area contributed by atoms with Gasteiger partial charge in [-0.05, 0) is 48.4 Å². The Bertz CT molecular complexity index is 870. The van der Waals surface area contributed by atoms with Gasteiger partial charge in [0, 0.05) is 24.4 Å². The predicted octanol–water partition coefficient (Wildman–Crippen LogP) is 3.95. The SMILES string of the molecule is CC(=O)Nc1cccc(-c2cnn(-c3ccc(F)cc3C)c2)c1. The van der Waals surface area contributed by atoms with Gasteiger partial charge < -0.3 is 5.32 Å². The molecule has 0 fully saturated rings. The Morgan fingerprint density at radius 1 is 1.17 bits per heavy atom. The van der Waals surface area contributed by atoms with E-state index in [-0.39, 0.29) is 11.7 Å². The highest BCUT2D eigenvalue weighted by Gasteiger charge is 2.07. The van der Waals surface area contributed by atoms with Crippen molar-refractivity contribution in [2.75, 3.05) is 5.32 Å². The van der Waals surface area contributed by atoms with E-state index in [9.17, 15) is 9.18 Å². The monoisotopic (exact) mass is 309 g/mol. The molecular formula is C18H16FN3O. The van der Waals surface area contributed by atoms with Crippen LogP contribution < -0.4 is 5.32 Å². The van der Waals surface area contributed by atoms with E-state index in [4.69, 9.17) is 0 Å². The molecule has 1 heterocycles. The van der Waals surface area contributed by atoms with Gasteiger partial charge in [0.05, 0.1) is 11.9 Å². The van der Waals surface area contributed by atoms with Gasteiger partial charge in [0.15, 0.2) is 0 Å². The van der Waals surface area contributed by atoms with E-state index in [0.717, 1.165) is 28.1 Å². The van der Waals surface area contributed by atoms with Gasteiger partial charge in [-0.3, -0.25) is 4.79 Å². The van der Waals surface area contributed by atoms with E-state index in [2.05, 4.69) is 10.4 Å². The molecule has 3 rings (SSSR count). The molecule has 0 unspecified atom stereocenters. The molecule has 0 atom stereocenters. The summed E-state index contributed by atoms with van der Waals surface area (Å²) in [6, 6.07) is 12.1. The van der Waals surface area contributed by atoms with Crippen LogP contribution in [-0.2, 0) is 4.79 Å². The second kappa shape index (κ2) is 6.04. The van der Waals surface area contributed by atoms with E-state index >= 15 is 0 Å². The summed E-state index contributed by atoms with van der Waals surface area (Å²) in [5, 5.41) is 7.11. The van der Waals surface area contributed by atoms with E-state index in [1.807, 2.05) is 37.4 Å². The lowest BCUT2D eigenvalue weighted by molar-refractivity contribution is -0.114. The Morgan fingerprint density at radius 3 is 2.74 bits per heavy atom. The molecule has 1 N–H and O–H groups in total. The van der Waals surface area contributed by atoms with Crippen LogP contribution in [0.3, 0.4) is 0 Å². The third-order valence-electron chi connectivity index (χ3n) is 3.50. The standard InChI is InChI=1S/C18H16FN3O/c1-12-8-16(19)6-7-18(12)22-11-15(10-20-22)14-4-3-5-17(9-14)21-13(2)23/h3-11H,1-2H3,(H,21,23). The van der Waals surface area contributed by atoms with Gasteiger partial charge in [-0.2, -0.15) is 5.10 Å². The smallest absolute Gasteiger partial charge is 0.221 e. The van der Waals surface area contributed by atoms with Gasteiger partial charge in [-0.1, -0.05) is 12.1 Å². The van der Waals surface area contributed by atoms with Crippen LogP contribution >= 0.6 is 0 Å². The van der Waals surface area contributed by atoms with E-state index in [0.29, 0.717) is 0 Å². The summed E-state index contributed by atoms with van der Waals surface area (Å²) in [7, 11) is 0. The van der Waals surface area contributed by atoms with Crippen molar-refractivity contribution in [3.05, 3.63) is 66.2 Å². The molecule has 116 valence electrons. The summed E-state index contributed by atoms with van der Waals surface area (Å²) >= 11 is 0. The van der Waals surface area contributed by atoms with Crippen molar-refractivity contribution < 1.29 is 9.18 Å². The Labute approximate surface area is 133 Å². The number of anilines is 1. The van der Waals surface area contributed by atoms with Crippen molar-refractivity contribution in [1.82, 2.24) is 9.78 Å². The summed E-state index contributed by atoms with van der Waals surface area (Å²) in [6.45, 7) is 3.32. The Hall–Kier alpha value is -2.95. The van der Waals surface area contributed by atoms with Crippen molar-refractivity contribution >= 4 is 11.6 Å². The normalized spacial score (nSPS) is 10.6. The molecule has 0 bridgehead atoms. The zero-order valence-corrected chi connectivity index (χ0v) is 12.9. The molecule has 0 radical (unpaired) electrons. The summed E-state index contributed by atoms with van der Waals surface area (Å²) in [4.78, 5) is 11.2. The minimum Gasteiger partial charge on any atom is -0.326 e. The number of rotatable bonds is 3. The summed E-state index contributed by atoms with van der Waals surface area (Å²) in [5.41, 5.74) is 4.24. The van der Waals surface area contributed by atoms with Crippen LogP contribution in [0, 0.1) is 12.7 Å². The second-order valence-electron chi connectivity index (χ2n) is 5.37. The topological polar surface area (TPSA) is 46.9 Å². The lowest BCUT2D eigenvalue weighted by atomic mass is 10.1. The molecule has 1 amide bonds. The quantitative estimate of drug-likeness (QED) is 0.796. The number of aryl methyl sites for hydroxylation is 1. The minimum atomic E-state index is -0.262. The molecule has 4 nitrogen and oxygen atoms in total. The Balaban J connectivity index is 1.94. The molecule has 23 heavy (non-hydrogen) atoms. The van der Waals surface area contributed by atoms with Gasteiger partial charge in [-0.15, -0.1) is 0 Å². The van der Waals surface area contributed by atoms with Gasteiger partial charge in [0.2, 0.25) is 5.91 Å².